The van der Waals surface area contributed by atoms with E-state index in [-0.39, 0.29) is 5.95 Å². The number of hydrogen-bond donors (Lipinski definition) is 3. The zero-order valence-electron chi connectivity index (χ0n) is 7.73. The molecule has 0 unspecified atom stereocenters. The van der Waals surface area contributed by atoms with Crippen molar-refractivity contribution in [2.45, 2.75) is 13.5 Å². The molecule has 0 radical (unpaired) electrons. The highest BCUT2D eigenvalue weighted by atomic mass is 15.3. The Morgan fingerprint density at radius 2 is 2.50 bits per heavy atom. The number of nitrogen functional groups attached to an aromatic ring is 1. The van der Waals surface area contributed by atoms with Crippen molar-refractivity contribution < 1.29 is 0 Å². The maximum absolute atomic E-state index is 5.37. The molecule has 2 heterocycles. The molecule has 2 aromatic rings. The highest BCUT2D eigenvalue weighted by molar-refractivity contribution is 5.50. The number of aromatic amines is 1. The number of rotatable bonds is 3. The van der Waals surface area contributed by atoms with E-state index in [4.69, 9.17) is 5.73 Å². The normalized spacial score (nSPS) is 10.4. The van der Waals surface area contributed by atoms with Crippen molar-refractivity contribution in [3.8, 4) is 0 Å². The summed E-state index contributed by atoms with van der Waals surface area (Å²) in [6.07, 6.45) is 3.57. The van der Waals surface area contributed by atoms with Gasteiger partial charge in [0.15, 0.2) is 0 Å². The second-order valence-electron chi connectivity index (χ2n) is 2.75. The Labute approximate surface area is 80.3 Å². The molecule has 0 saturated heterocycles. The van der Waals surface area contributed by atoms with Crippen LogP contribution in [0.3, 0.4) is 0 Å². The van der Waals surface area contributed by atoms with E-state index in [0.29, 0.717) is 5.95 Å². The van der Waals surface area contributed by atoms with Crippen LogP contribution >= 0.6 is 0 Å². The lowest BCUT2D eigenvalue weighted by atomic mass is 10.6. The van der Waals surface area contributed by atoms with Gasteiger partial charge < -0.3 is 11.1 Å². The molecule has 0 aliphatic heterocycles. The van der Waals surface area contributed by atoms with Gasteiger partial charge in [-0.25, -0.2) is 5.10 Å². The van der Waals surface area contributed by atoms with Gasteiger partial charge in [-0.1, -0.05) is 0 Å². The van der Waals surface area contributed by atoms with Crippen molar-refractivity contribution in [1.29, 1.82) is 0 Å². The number of nitrogens with one attached hydrogen (secondary N) is 2. The van der Waals surface area contributed by atoms with Crippen LogP contribution in [-0.2, 0) is 6.54 Å². The van der Waals surface area contributed by atoms with E-state index in [9.17, 15) is 0 Å². The average molecular weight is 193 g/mol. The molecule has 0 saturated carbocycles. The van der Waals surface area contributed by atoms with Crippen LogP contribution in [0.25, 0.3) is 0 Å². The van der Waals surface area contributed by atoms with Crippen molar-refractivity contribution in [1.82, 2.24) is 25.0 Å². The Balaban J connectivity index is 2.10. The summed E-state index contributed by atoms with van der Waals surface area (Å²) in [6.45, 7) is 2.85. The molecule has 2 rings (SSSR count). The van der Waals surface area contributed by atoms with Crippen LogP contribution < -0.4 is 11.1 Å². The number of aromatic nitrogens is 5. The summed E-state index contributed by atoms with van der Waals surface area (Å²) in [5.74, 6) is 0.730. The molecule has 0 amide bonds. The lowest BCUT2D eigenvalue weighted by Crippen LogP contribution is -1.93. The zero-order chi connectivity index (χ0) is 9.97. The Morgan fingerprint density at radius 1 is 1.64 bits per heavy atom. The second kappa shape index (κ2) is 3.36. The molecule has 0 atom stereocenters. The Bertz CT molecular complexity index is 415. The van der Waals surface area contributed by atoms with Crippen LogP contribution in [0.2, 0.25) is 0 Å². The fourth-order valence-corrected chi connectivity index (χ4v) is 1.06. The van der Waals surface area contributed by atoms with Crippen molar-refractivity contribution in [2.75, 3.05) is 11.1 Å². The van der Waals surface area contributed by atoms with Crippen molar-refractivity contribution in [3.05, 3.63) is 12.4 Å². The summed E-state index contributed by atoms with van der Waals surface area (Å²) in [4.78, 5) is 3.90. The molecule has 4 N–H and O–H groups in total. The maximum atomic E-state index is 5.37. The molecule has 74 valence electrons. The summed E-state index contributed by atoms with van der Waals surface area (Å²) >= 11 is 0. The minimum atomic E-state index is 0.287. The standard InChI is InChI=1S/C7H11N7/c1-2-14-4-5(3-9-14)10-7-11-6(8)12-13-7/h3-4H,2H2,1H3,(H4,8,10,11,12,13). The monoisotopic (exact) mass is 193 g/mol. The Kier molecular flexibility index (Phi) is 2.05. The number of anilines is 3. The molecular weight excluding hydrogens is 182 g/mol. The number of H-pyrrole nitrogens is 1. The number of nitrogens with zero attached hydrogens (tertiary/aromatic N) is 4. The minimum absolute atomic E-state index is 0.287. The minimum Gasteiger partial charge on any atom is -0.368 e. The second-order valence-corrected chi connectivity index (χ2v) is 2.75. The lowest BCUT2D eigenvalue weighted by Gasteiger charge is -1.94. The van der Waals surface area contributed by atoms with Gasteiger partial charge in [0.25, 0.3) is 0 Å². The molecule has 0 aliphatic carbocycles. The van der Waals surface area contributed by atoms with Crippen molar-refractivity contribution in [3.63, 3.8) is 0 Å². The Hall–Kier alpha value is -2.05. The molecule has 14 heavy (non-hydrogen) atoms. The molecule has 0 aromatic carbocycles. The average Bonchev–Trinajstić information content (AvgIpc) is 2.76. The topological polar surface area (TPSA) is 97.4 Å². The fraction of sp³-hybridized carbons (Fsp3) is 0.286. The van der Waals surface area contributed by atoms with E-state index in [1.54, 1.807) is 10.9 Å². The number of hydrogen-bond acceptors (Lipinski definition) is 5. The highest BCUT2D eigenvalue weighted by Crippen LogP contribution is 2.11. The molecule has 0 fully saturated rings. The van der Waals surface area contributed by atoms with E-state index in [2.05, 4.69) is 25.6 Å². The van der Waals surface area contributed by atoms with E-state index in [1.807, 2.05) is 13.1 Å². The van der Waals surface area contributed by atoms with Gasteiger partial charge in [-0.2, -0.15) is 10.1 Å². The SMILES string of the molecule is CCn1cc(Nc2n[nH]c(N)n2)cn1. The van der Waals surface area contributed by atoms with Gasteiger partial charge in [-0.15, -0.1) is 5.10 Å². The van der Waals surface area contributed by atoms with Gasteiger partial charge in [0, 0.05) is 12.7 Å². The van der Waals surface area contributed by atoms with Gasteiger partial charge in [0.2, 0.25) is 11.9 Å². The van der Waals surface area contributed by atoms with Gasteiger partial charge in [-0.3, -0.25) is 4.68 Å². The Morgan fingerprint density at radius 3 is 3.07 bits per heavy atom. The first kappa shape index (κ1) is 8.54. The first-order chi connectivity index (χ1) is 6.78. The molecule has 7 heteroatoms. The fourth-order valence-electron chi connectivity index (χ4n) is 1.06. The maximum Gasteiger partial charge on any atom is 0.248 e. The van der Waals surface area contributed by atoms with Crippen LogP contribution in [0.5, 0.6) is 0 Å². The van der Waals surface area contributed by atoms with E-state index in [0.717, 1.165) is 12.2 Å². The van der Waals surface area contributed by atoms with E-state index < -0.39 is 0 Å². The smallest absolute Gasteiger partial charge is 0.248 e. The summed E-state index contributed by atoms with van der Waals surface area (Å²) in [5, 5.41) is 13.4. The predicted octanol–water partition coefficient (Wildman–Crippen LogP) is 0.347. The summed E-state index contributed by atoms with van der Waals surface area (Å²) in [6, 6.07) is 0. The first-order valence-electron chi connectivity index (χ1n) is 4.25. The van der Waals surface area contributed by atoms with Crippen LogP contribution in [0, 0.1) is 0 Å². The molecule has 0 spiro atoms. The number of nitrogens with two attached hydrogens (primary N) is 1. The highest BCUT2D eigenvalue weighted by Gasteiger charge is 2.01. The molecule has 7 nitrogen and oxygen atoms in total. The van der Waals surface area contributed by atoms with Gasteiger partial charge in [-0.05, 0) is 6.92 Å². The van der Waals surface area contributed by atoms with Crippen LogP contribution in [-0.4, -0.2) is 25.0 Å². The zero-order valence-corrected chi connectivity index (χ0v) is 7.73. The van der Waals surface area contributed by atoms with Crippen LogP contribution in [0.1, 0.15) is 6.92 Å². The first-order valence-corrected chi connectivity index (χ1v) is 4.25. The third kappa shape index (κ3) is 1.65. The summed E-state index contributed by atoms with van der Waals surface area (Å²) in [7, 11) is 0. The van der Waals surface area contributed by atoms with Crippen molar-refractivity contribution in [2.24, 2.45) is 0 Å². The third-order valence-corrected chi connectivity index (χ3v) is 1.72. The number of aryl methyl sites for hydroxylation is 1. The van der Waals surface area contributed by atoms with Gasteiger partial charge in [0.1, 0.15) is 0 Å². The largest absolute Gasteiger partial charge is 0.368 e. The third-order valence-electron chi connectivity index (χ3n) is 1.72. The molecular formula is C7H11N7. The van der Waals surface area contributed by atoms with E-state index >= 15 is 0 Å². The molecule has 0 bridgehead atoms. The van der Waals surface area contributed by atoms with Crippen LogP contribution in [0.4, 0.5) is 17.6 Å². The predicted molar refractivity (Wildman–Crippen MR) is 52.0 cm³/mol. The van der Waals surface area contributed by atoms with Gasteiger partial charge >= 0.3 is 0 Å². The quantitative estimate of drug-likeness (QED) is 0.653. The van der Waals surface area contributed by atoms with E-state index in [1.165, 1.54) is 0 Å². The summed E-state index contributed by atoms with van der Waals surface area (Å²) in [5.41, 5.74) is 6.21. The van der Waals surface area contributed by atoms with Crippen LogP contribution in [0.15, 0.2) is 12.4 Å². The van der Waals surface area contributed by atoms with Gasteiger partial charge in [0.05, 0.1) is 11.9 Å². The van der Waals surface area contributed by atoms with Crippen molar-refractivity contribution >= 4 is 17.6 Å². The lowest BCUT2D eigenvalue weighted by molar-refractivity contribution is 0.660. The molecule has 2 aromatic heterocycles. The molecule has 0 aliphatic rings. The summed E-state index contributed by atoms with van der Waals surface area (Å²) < 4.78 is 1.80.